The maximum atomic E-state index is 11.9. The van der Waals surface area contributed by atoms with Gasteiger partial charge in [-0.15, -0.1) is 0 Å². The number of benzene rings is 2. The van der Waals surface area contributed by atoms with Gasteiger partial charge in [-0.05, 0) is 57.6 Å². The molecular formula is C27H31NOS2. The van der Waals surface area contributed by atoms with Crippen molar-refractivity contribution in [3.8, 4) is 0 Å². The first kappa shape index (κ1) is 22.3. The highest BCUT2D eigenvalue weighted by Crippen LogP contribution is 2.47. The number of fused-ring (bicyclic) bond motifs is 1. The molecule has 1 aliphatic heterocycles. The minimum atomic E-state index is -0.112. The molecule has 162 valence electrons. The molecule has 4 rings (SSSR count). The molecule has 0 saturated carbocycles. The highest BCUT2D eigenvalue weighted by atomic mass is 32.2. The van der Waals surface area contributed by atoms with Crippen LogP contribution in [0.3, 0.4) is 0 Å². The van der Waals surface area contributed by atoms with E-state index < -0.39 is 0 Å². The molecule has 0 bridgehead atoms. The van der Waals surface area contributed by atoms with Gasteiger partial charge in [0.05, 0.1) is 4.91 Å². The van der Waals surface area contributed by atoms with Gasteiger partial charge in [0.15, 0.2) is 0 Å². The summed E-state index contributed by atoms with van der Waals surface area (Å²) in [6, 6.07) is 15.7. The molecule has 0 aromatic heterocycles. The van der Waals surface area contributed by atoms with Crippen LogP contribution in [0.25, 0.3) is 6.08 Å². The van der Waals surface area contributed by atoms with E-state index in [2.05, 4.69) is 89.3 Å². The predicted octanol–water partition coefficient (Wildman–Crippen LogP) is 6.85. The maximum Gasteiger partial charge on any atom is 0.263 e. The number of thioether (sulfide) groups is 1. The van der Waals surface area contributed by atoms with Gasteiger partial charge in [-0.2, -0.15) is 0 Å². The standard InChI is InChI=1S/C27H31NOS2/c1-25(2)13-14-26(3,4)21-16-19(11-12-20(21)25)27(5,6)18-9-7-17(8-10-18)15-22-23(29)28-24(30)31-22/h7-12,15-16H,13-14H2,1-6H3,(H,28,29,30). The summed E-state index contributed by atoms with van der Waals surface area (Å²) in [4.78, 5) is 12.6. The lowest BCUT2D eigenvalue weighted by molar-refractivity contribution is -0.115. The molecule has 2 nitrogen and oxygen atoms in total. The largest absolute Gasteiger partial charge is 0.307 e. The Labute approximate surface area is 195 Å². The lowest BCUT2D eigenvalue weighted by Crippen LogP contribution is -2.34. The van der Waals surface area contributed by atoms with Crippen molar-refractivity contribution in [1.29, 1.82) is 0 Å². The van der Waals surface area contributed by atoms with Crippen molar-refractivity contribution in [1.82, 2.24) is 5.32 Å². The topological polar surface area (TPSA) is 29.1 Å². The van der Waals surface area contributed by atoms with Gasteiger partial charge in [0.1, 0.15) is 4.32 Å². The Kier molecular flexibility index (Phi) is 5.46. The van der Waals surface area contributed by atoms with Crippen LogP contribution in [0.15, 0.2) is 47.4 Å². The quantitative estimate of drug-likeness (QED) is 0.410. The fourth-order valence-corrected chi connectivity index (χ4v) is 5.76. The predicted molar refractivity (Wildman–Crippen MR) is 137 cm³/mol. The highest BCUT2D eigenvalue weighted by molar-refractivity contribution is 8.26. The zero-order chi connectivity index (χ0) is 22.6. The third-order valence-electron chi connectivity index (χ3n) is 7.15. The summed E-state index contributed by atoms with van der Waals surface area (Å²) in [5.74, 6) is -0.112. The molecule has 1 N–H and O–H groups in total. The molecule has 2 aromatic rings. The van der Waals surface area contributed by atoms with Crippen molar-refractivity contribution < 1.29 is 4.79 Å². The van der Waals surface area contributed by atoms with Crippen LogP contribution in [0.5, 0.6) is 0 Å². The van der Waals surface area contributed by atoms with Crippen molar-refractivity contribution in [2.75, 3.05) is 0 Å². The molecule has 1 aliphatic carbocycles. The van der Waals surface area contributed by atoms with E-state index in [1.165, 1.54) is 46.9 Å². The summed E-state index contributed by atoms with van der Waals surface area (Å²) in [7, 11) is 0. The van der Waals surface area contributed by atoms with Crippen molar-refractivity contribution in [3.63, 3.8) is 0 Å². The number of thiocarbonyl (C=S) groups is 1. The summed E-state index contributed by atoms with van der Waals surface area (Å²) in [6.07, 6.45) is 4.35. The first-order valence-corrected chi connectivity index (χ1v) is 12.1. The van der Waals surface area contributed by atoms with Crippen molar-refractivity contribution in [3.05, 3.63) is 75.2 Å². The summed E-state index contributed by atoms with van der Waals surface area (Å²) in [5.41, 5.74) is 6.93. The summed E-state index contributed by atoms with van der Waals surface area (Å²) < 4.78 is 0.521. The molecule has 2 aromatic carbocycles. The Morgan fingerprint density at radius 3 is 2.10 bits per heavy atom. The van der Waals surface area contributed by atoms with Crippen LogP contribution < -0.4 is 5.32 Å². The van der Waals surface area contributed by atoms with Gasteiger partial charge in [0.2, 0.25) is 0 Å². The molecule has 0 unspecified atom stereocenters. The van der Waals surface area contributed by atoms with Crippen LogP contribution in [0.1, 0.15) is 82.2 Å². The van der Waals surface area contributed by atoms with Crippen LogP contribution in [0.4, 0.5) is 0 Å². The van der Waals surface area contributed by atoms with Crippen LogP contribution in [0, 0.1) is 0 Å². The van der Waals surface area contributed by atoms with E-state index in [1.54, 1.807) is 0 Å². The normalized spacial score (nSPS) is 21.2. The Bertz CT molecular complexity index is 1090. The lowest BCUT2D eigenvalue weighted by Gasteiger charge is -2.43. The minimum Gasteiger partial charge on any atom is -0.307 e. The Hall–Kier alpha value is -1.91. The molecule has 0 radical (unpaired) electrons. The fourth-order valence-electron chi connectivity index (χ4n) is 4.71. The average molecular weight is 450 g/mol. The maximum absolute atomic E-state index is 11.9. The smallest absolute Gasteiger partial charge is 0.263 e. The third kappa shape index (κ3) is 4.12. The van der Waals surface area contributed by atoms with Gasteiger partial charge in [-0.3, -0.25) is 4.79 Å². The van der Waals surface area contributed by atoms with E-state index in [9.17, 15) is 4.79 Å². The lowest BCUT2D eigenvalue weighted by atomic mass is 9.62. The second kappa shape index (κ2) is 7.60. The van der Waals surface area contributed by atoms with Gasteiger partial charge in [-0.25, -0.2) is 0 Å². The number of rotatable bonds is 3. The number of nitrogens with one attached hydrogen (secondary N) is 1. The third-order valence-corrected chi connectivity index (χ3v) is 8.31. The number of amides is 1. The van der Waals surface area contributed by atoms with Crippen LogP contribution >= 0.6 is 24.0 Å². The van der Waals surface area contributed by atoms with Crippen LogP contribution in [0.2, 0.25) is 0 Å². The second-order valence-corrected chi connectivity index (χ2v) is 12.3. The highest BCUT2D eigenvalue weighted by Gasteiger charge is 2.38. The van der Waals surface area contributed by atoms with Crippen molar-refractivity contribution in [2.24, 2.45) is 0 Å². The number of hydrogen-bond donors (Lipinski definition) is 1. The second-order valence-electron chi connectivity index (χ2n) is 10.6. The van der Waals surface area contributed by atoms with Crippen molar-refractivity contribution in [2.45, 2.75) is 70.6 Å². The first-order valence-electron chi connectivity index (χ1n) is 10.9. The molecule has 1 heterocycles. The van der Waals surface area contributed by atoms with E-state index in [1.807, 2.05) is 6.08 Å². The molecule has 1 fully saturated rings. The van der Waals surface area contributed by atoms with Gasteiger partial charge in [0.25, 0.3) is 5.91 Å². The van der Waals surface area contributed by atoms with Gasteiger partial charge in [-0.1, -0.05) is 108 Å². The monoisotopic (exact) mass is 449 g/mol. The van der Waals surface area contributed by atoms with E-state index in [-0.39, 0.29) is 22.2 Å². The van der Waals surface area contributed by atoms with Gasteiger partial charge < -0.3 is 5.32 Å². The molecule has 0 atom stereocenters. The van der Waals surface area contributed by atoms with E-state index in [0.29, 0.717) is 9.23 Å². The summed E-state index contributed by atoms with van der Waals surface area (Å²) in [6.45, 7) is 14.1. The first-order chi connectivity index (χ1) is 14.4. The van der Waals surface area contributed by atoms with Crippen molar-refractivity contribution >= 4 is 40.3 Å². The molecule has 1 saturated heterocycles. The molecule has 0 spiro atoms. The van der Waals surface area contributed by atoms with Gasteiger partial charge >= 0.3 is 0 Å². The Morgan fingerprint density at radius 2 is 1.52 bits per heavy atom. The molecule has 2 aliphatic rings. The van der Waals surface area contributed by atoms with E-state index in [4.69, 9.17) is 12.2 Å². The van der Waals surface area contributed by atoms with Crippen LogP contribution in [-0.2, 0) is 21.0 Å². The van der Waals surface area contributed by atoms with E-state index in [0.717, 1.165) is 5.56 Å². The fraction of sp³-hybridized carbons (Fsp3) is 0.407. The Balaban J connectivity index is 1.67. The molecule has 4 heteroatoms. The molecular weight excluding hydrogens is 418 g/mol. The average Bonchev–Trinajstić information content (AvgIpc) is 3.02. The minimum absolute atomic E-state index is 0.112. The number of hydrogen-bond acceptors (Lipinski definition) is 3. The molecule has 31 heavy (non-hydrogen) atoms. The summed E-state index contributed by atoms with van der Waals surface area (Å²) in [5, 5.41) is 2.67. The number of carbonyl (C=O) groups excluding carboxylic acids is 1. The molecule has 1 amide bonds. The van der Waals surface area contributed by atoms with E-state index >= 15 is 0 Å². The summed E-state index contributed by atoms with van der Waals surface area (Å²) >= 11 is 6.40. The number of carbonyl (C=O) groups is 1. The SMILES string of the molecule is CC1(C)CCC(C)(C)c2cc(C(C)(C)c3ccc(C=C4SC(=S)NC4=O)cc3)ccc21. The van der Waals surface area contributed by atoms with Crippen LogP contribution in [-0.4, -0.2) is 10.2 Å². The zero-order valence-corrected chi connectivity index (χ0v) is 20.9. The Morgan fingerprint density at radius 1 is 0.935 bits per heavy atom. The zero-order valence-electron chi connectivity index (χ0n) is 19.3. The van der Waals surface area contributed by atoms with Gasteiger partial charge in [0, 0.05) is 5.41 Å².